The molecular weight excluding hydrogens is 294 g/mol. The van der Waals surface area contributed by atoms with Gasteiger partial charge in [-0.1, -0.05) is 30.3 Å². The fourth-order valence-electron chi connectivity index (χ4n) is 3.31. The molecule has 0 aliphatic heterocycles. The lowest BCUT2D eigenvalue weighted by Gasteiger charge is -2.10. The smallest absolute Gasteiger partial charge is 0.137 e. The summed E-state index contributed by atoms with van der Waals surface area (Å²) < 4.78 is 0. The van der Waals surface area contributed by atoms with E-state index in [9.17, 15) is 0 Å². The fourth-order valence-corrected chi connectivity index (χ4v) is 3.31. The van der Waals surface area contributed by atoms with Crippen molar-refractivity contribution in [3.05, 3.63) is 54.4 Å². The van der Waals surface area contributed by atoms with Gasteiger partial charge in [-0.15, -0.1) is 0 Å². The van der Waals surface area contributed by atoms with E-state index in [4.69, 9.17) is 0 Å². The first-order valence-corrected chi connectivity index (χ1v) is 8.96. The largest absolute Gasteiger partial charge is 0.367 e. The molecule has 120 valence electrons. The summed E-state index contributed by atoms with van der Waals surface area (Å²) in [5, 5.41) is 4.65. The van der Waals surface area contributed by atoms with E-state index in [1.807, 2.05) is 0 Å². The molecule has 1 N–H and O–H groups in total. The number of benzene rings is 2. The van der Waals surface area contributed by atoms with Crippen LogP contribution in [0.5, 0.6) is 0 Å². The third-order valence-electron chi connectivity index (χ3n) is 5.04. The minimum absolute atomic E-state index is 0.591. The Hall–Kier alpha value is -2.42. The maximum Gasteiger partial charge on any atom is 0.137 e. The number of hydrogen-bond donors (Lipinski definition) is 1. The van der Waals surface area contributed by atoms with Gasteiger partial charge in [0.2, 0.25) is 0 Å². The number of aromatic nitrogens is 2. The second-order valence-corrected chi connectivity index (χ2v) is 7.22. The van der Waals surface area contributed by atoms with Gasteiger partial charge in [0.05, 0.1) is 5.52 Å². The predicted octanol–water partition coefficient (Wildman–Crippen LogP) is 4.82. The second-order valence-electron chi connectivity index (χ2n) is 7.22. The Balaban J connectivity index is 1.53. The molecule has 1 heterocycles. The Labute approximate surface area is 142 Å². The number of hydrogen-bond acceptors (Lipinski definition) is 3. The summed E-state index contributed by atoms with van der Waals surface area (Å²) in [6.07, 6.45) is 8.16. The Morgan fingerprint density at radius 2 is 1.79 bits per heavy atom. The van der Waals surface area contributed by atoms with Crippen LogP contribution < -0.4 is 5.32 Å². The molecule has 2 aliphatic rings. The molecule has 0 radical (unpaired) electrons. The number of rotatable bonds is 5. The molecule has 5 rings (SSSR count). The average molecular weight is 315 g/mol. The quantitative estimate of drug-likeness (QED) is 0.733. The standard InChI is InChI=1S/C21H21N3/c1-2-15(10-14-4-5-14)11-16(3-1)17-6-9-20-19(12-17)21(23-13-22-20)24-18-7-8-18/h1-3,6,9,11-14,18H,4-5,7-8,10H2,(H,22,23,24). The summed E-state index contributed by atoms with van der Waals surface area (Å²) >= 11 is 0. The van der Waals surface area contributed by atoms with Gasteiger partial charge in [0, 0.05) is 11.4 Å². The highest BCUT2D eigenvalue weighted by Gasteiger charge is 2.23. The zero-order valence-electron chi connectivity index (χ0n) is 13.7. The van der Waals surface area contributed by atoms with E-state index in [1.165, 1.54) is 48.8 Å². The van der Waals surface area contributed by atoms with Crippen LogP contribution in [0.4, 0.5) is 5.82 Å². The lowest BCUT2D eigenvalue weighted by molar-refractivity contribution is 0.833. The van der Waals surface area contributed by atoms with Crippen LogP contribution in [0, 0.1) is 5.92 Å². The van der Waals surface area contributed by atoms with Crippen LogP contribution in [0.1, 0.15) is 31.2 Å². The summed E-state index contributed by atoms with van der Waals surface area (Å²) in [5.74, 6) is 1.89. The van der Waals surface area contributed by atoms with Gasteiger partial charge in [-0.3, -0.25) is 0 Å². The van der Waals surface area contributed by atoms with Crippen molar-refractivity contribution in [3.63, 3.8) is 0 Å². The topological polar surface area (TPSA) is 37.8 Å². The Morgan fingerprint density at radius 3 is 2.62 bits per heavy atom. The Kier molecular flexibility index (Phi) is 3.25. The predicted molar refractivity (Wildman–Crippen MR) is 98.0 cm³/mol. The molecule has 2 saturated carbocycles. The lowest BCUT2D eigenvalue weighted by Crippen LogP contribution is -2.04. The molecule has 0 saturated heterocycles. The van der Waals surface area contributed by atoms with Gasteiger partial charge >= 0.3 is 0 Å². The molecule has 3 heteroatoms. The van der Waals surface area contributed by atoms with Crippen molar-refractivity contribution in [2.24, 2.45) is 5.92 Å². The number of nitrogens with one attached hydrogen (secondary N) is 1. The molecule has 0 atom stereocenters. The van der Waals surface area contributed by atoms with Crippen LogP contribution in [-0.2, 0) is 6.42 Å². The van der Waals surface area contributed by atoms with Crippen LogP contribution in [0.3, 0.4) is 0 Å². The van der Waals surface area contributed by atoms with Crippen molar-refractivity contribution in [2.75, 3.05) is 5.32 Å². The zero-order chi connectivity index (χ0) is 15.9. The molecule has 0 spiro atoms. The summed E-state index contributed by atoms with van der Waals surface area (Å²) in [5.41, 5.74) is 4.99. The van der Waals surface area contributed by atoms with E-state index in [0.717, 1.165) is 22.6 Å². The lowest BCUT2D eigenvalue weighted by atomic mass is 9.99. The van der Waals surface area contributed by atoms with Gasteiger partial charge < -0.3 is 5.32 Å². The second kappa shape index (κ2) is 5.59. The van der Waals surface area contributed by atoms with E-state index < -0.39 is 0 Å². The number of anilines is 1. The van der Waals surface area contributed by atoms with Gasteiger partial charge in [-0.2, -0.15) is 0 Å². The van der Waals surface area contributed by atoms with Crippen molar-refractivity contribution in [2.45, 2.75) is 38.1 Å². The molecule has 2 aliphatic carbocycles. The van der Waals surface area contributed by atoms with Crippen LogP contribution in [0.15, 0.2) is 48.8 Å². The summed E-state index contributed by atoms with van der Waals surface area (Å²) in [4.78, 5) is 8.88. The minimum atomic E-state index is 0.591. The van der Waals surface area contributed by atoms with Crippen molar-refractivity contribution >= 4 is 16.7 Å². The minimum Gasteiger partial charge on any atom is -0.367 e. The van der Waals surface area contributed by atoms with Crippen molar-refractivity contribution in [1.82, 2.24) is 9.97 Å². The molecule has 2 fully saturated rings. The van der Waals surface area contributed by atoms with Crippen molar-refractivity contribution in [1.29, 1.82) is 0 Å². The van der Waals surface area contributed by atoms with Crippen LogP contribution in [0.25, 0.3) is 22.0 Å². The molecule has 2 aromatic carbocycles. The normalized spacial score (nSPS) is 17.2. The van der Waals surface area contributed by atoms with E-state index in [1.54, 1.807) is 6.33 Å². The highest BCUT2D eigenvalue weighted by molar-refractivity contribution is 5.92. The first-order chi connectivity index (χ1) is 11.8. The third kappa shape index (κ3) is 2.86. The highest BCUT2D eigenvalue weighted by Crippen LogP contribution is 2.34. The monoisotopic (exact) mass is 315 g/mol. The van der Waals surface area contributed by atoms with E-state index >= 15 is 0 Å². The average Bonchev–Trinajstić information content (AvgIpc) is 3.52. The third-order valence-corrected chi connectivity index (χ3v) is 5.04. The maximum absolute atomic E-state index is 4.46. The van der Waals surface area contributed by atoms with Crippen LogP contribution in [-0.4, -0.2) is 16.0 Å². The molecule has 0 unspecified atom stereocenters. The van der Waals surface area contributed by atoms with Gasteiger partial charge in [0.25, 0.3) is 0 Å². The van der Waals surface area contributed by atoms with Gasteiger partial charge in [-0.25, -0.2) is 9.97 Å². The van der Waals surface area contributed by atoms with Crippen molar-refractivity contribution in [3.8, 4) is 11.1 Å². The SMILES string of the molecule is c1cc(CC2CC2)cc(-c2ccc3ncnc(NC4CC4)c3c2)c1. The van der Waals surface area contributed by atoms with Crippen LogP contribution in [0.2, 0.25) is 0 Å². The first kappa shape index (κ1) is 14.0. The zero-order valence-corrected chi connectivity index (χ0v) is 13.7. The summed E-state index contributed by atoms with van der Waals surface area (Å²) in [6, 6.07) is 16.1. The van der Waals surface area contributed by atoms with Gasteiger partial charge in [0.15, 0.2) is 0 Å². The Morgan fingerprint density at radius 1 is 0.917 bits per heavy atom. The first-order valence-electron chi connectivity index (χ1n) is 8.96. The molecule has 1 aromatic heterocycles. The number of fused-ring (bicyclic) bond motifs is 1. The van der Waals surface area contributed by atoms with E-state index in [-0.39, 0.29) is 0 Å². The van der Waals surface area contributed by atoms with Crippen LogP contribution >= 0.6 is 0 Å². The fraction of sp³-hybridized carbons (Fsp3) is 0.333. The molecule has 3 aromatic rings. The molecule has 0 bridgehead atoms. The number of nitrogens with zero attached hydrogens (tertiary/aromatic N) is 2. The Bertz CT molecular complexity index is 894. The van der Waals surface area contributed by atoms with Gasteiger partial charge in [-0.05, 0) is 66.8 Å². The molecule has 0 amide bonds. The molecule has 3 nitrogen and oxygen atoms in total. The van der Waals surface area contributed by atoms with Crippen molar-refractivity contribution < 1.29 is 0 Å². The molecule has 24 heavy (non-hydrogen) atoms. The van der Waals surface area contributed by atoms with E-state index in [2.05, 4.69) is 57.7 Å². The maximum atomic E-state index is 4.46. The van der Waals surface area contributed by atoms with E-state index in [0.29, 0.717) is 6.04 Å². The van der Waals surface area contributed by atoms with Gasteiger partial charge in [0.1, 0.15) is 12.1 Å². The molecular formula is C21H21N3. The summed E-state index contributed by atoms with van der Waals surface area (Å²) in [7, 11) is 0. The summed E-state index contributed by atoms with van der Waals surface area (Å²) in [6.45, 7) is 0. The highest BCUT2D eigenvalue weighted by atomic mass is 15.1.